The molecule has 106 valence electrons. The van der Waals surface area contributed by atoms with Gasteiger partial charge < -0.3 is 5.32 Å². The zero-order valence-corrected chi connectivity index (χ0v) is 14.8. The smallest absolute Gasteiger partial charge is 0.252 e. The van der Waals surface area contributed by atoms with Crippen LogP contribution in [-0.2, 0) is 9.84 Å². The van der Waals surface area contributed by atoms with Crippen LogP contribution in [0, 0.1) is 0 Å². The minimum Gasteiger partial charge on any atom is -0.350 e. The second kappa shape index (κ2) is 5.93. The van der Waals surface area contributed by atoms with Gasteiger partial charge in [-0.25, -0.2) is 8.42 Å². The Labute approximate surface area is 130 Å². The molecule has 0 aromatic heterocycles. The fourth-order valence-corrected chi connectivity index (χ4v) is 2.31. The van der Waals surface area contributed by atoms with E-state index in [1.54, 1.807) is 32.0 Å². The van der Waals surface area contributed by atoms with E-state index in [4.69, 9.17) is 0 Å². The van der Waals surface area contributed by atoms with Crippen molar-refractivity contribution in [2.45, 2.75) is 18.6 Å². The van der Waals surface area contributed by atoms with Crippen LogP contribution < -0.4 is 5.32 Å². The molecule has 0 radical (unpaired) electrons. The highest BCUT2D eigenvalue weighted by molar-refractivity contribution is 9.11. The number of hydrogen-bond acceptors (Lipinski definition) is 3. The number of sulfone groups is 1. The van der Waals surface area contributed by atoms with Crippen molar-refractivity contribution in [2.24, 2.45) is 0 Å². The second-order valence-electron chi connectivity index (χ2n) is 4.84. The largest absolute Gasteiger partial charge is 0.350 e. The number of nitrogens with one attached hydrogen (secondary N) is 1. The summed E-state index contributed by atoms with van der Waals surface area (Å²) >= 11 is 6.58. The fourth-order valence-electron chi connectivity index (χ4n) is 1.19. The monoisotopic (exact) mass is 411 g/mol. The summed E-state index contributed by atoms with van der Waals surface area (Å²) in [4.78, 5) is 12.0. The van der Waals surface area contributed by atoms with Gasteiger partial charge in [-0.15, -0.1) is 0 Å². The Kier molecular flexibility index (Phi) is 5.20. The molecule has 0 aliphatic carbocycles. The summed E-state index contributed by atoms with van der Waals surface area (Å²) in [5, 5.41) is 2.64. The lowest BCUT2D eigenvalue weighted by atomic mass is 10.2. The van der Waals surface area contributed by atoms with E-state index in [2.05, 4.69) is 37.2 Å². The van der Waals surface area contributed by atoms with Crippen molar-refractivity contribution in [1.29, 1.82) is 0 Å². The molecule has 1 aromatic rings. The van der Waals surface area contributed by atoms with E-state index < -0.39 is 14.6 Å². The average Bonchev–Trinajstić information content (AvgIpc) is 2.28. The summed E-state index contributed by atoms with van der Waals surface area (Å²) in [6.45, 7) is 3.22. The van der Waals surface area contributed by atoms with Gasteiger partial charge in [-0.05, 0) is 48.0 Å². The van der Waals surface area contributed by atoms with Crippen molar-refractivity contribution in [3.8, 4) is 0 Å². The van der Waals surface area contributed by atoms with Gasteiger partial charge in [0.1, 0.15) is 0 Å². The molecule has 0 heterocycles. The molecule has 0 spiro atoms. The van der Waals surface area contributed by atoms with E-state index in [1.165, 1.54) is 0 Å². The Morgan fingerprint density at radius 3 is 2.42 bits per heavy atom. The number of carbonyl (C=O) groups is 1. The Morgan fingerprint density at radius 1 is 1.32 bits per heavy atom. The van der Waals surface area contributed by atoms with E-state index >= 15 is 0 Å². The van der Waals surface area contributed by atoms with Crippen molar-refractivity contribution in [3.05, 3.63) is 32.7 Å². The average molecular weight is 413 g/mol. The minimum absolute atomic E-state index is 0.0591. The lowest BCUT2D eigenvalue weighted by Gasteiger charge is -2.22. The third-order valence-corrected chi connectivity index (χ3v) is 6.19. The van der Waals surface area contributed by atoms with Crippen LogP contribution in [0.3, 0.4) is 0 Å². The van der Waals surface area contributed by atoms with Crippen LogP contribution in [0.5, 0.6) is 0 Å². The molecule has 0 aliphatic rings. The third kappa shape index (κ3) is 4.29. The first-order chi connectivity index (χ1) is 8.54. The van der Waals surface area contributed by atoms with Gasteiger partial charge in [-0.3, -0.25) is 4.79 Å². The maximum Gasteiger partial charge on any atom is 0.252 e. The molecule has 7 heteroatoms. The second-order valence-corrected chi connectivity index (χ2v) is 9.26. The highest BCUT2D eigenvalue weighted by Crippen LogP contribution is 2.22. The molecule has 0 fully saturated rings. The summed E-state index contributed by atoms with van der Waals surface area (Å²) in [5.41, 5.74) is 0.457. The lowest BCUT2D eigenvalue weighted by Crippen LogP contribution is -2.43. The first kappa shape index (κ1) is 16.7. The predicted molar refractivity (Wildman–Crippen MR) is 83.1 cm³/mol. The van der Waals surface area contributed by atoms with Crippen LogP contribution in [0.25, 0.3) is 0 Å². The topological polar surface area (TPSA) is 63.2 Å². The highest BCUT2D eigenvalue weighted by Gasteiger charge is 2.30. The van der Waals surface area contributed by atoms with Crippen LogP contribution in [0.1, 0.15) is 24.2 Å². The van der Waals surface area contributed by atoms with Gasteiger partial charge >= 0.3 is 0 Å². The van der Waals surface area contributed by atoms with E-state index in [-0.39, 0.29) is 12.5 Å². The highest BCUT2D eigenvalue weighted by atomic mass is 79.9. The molecule has 0 saturated carbocycles. The molecule has 4 nitrogen and oxygen atoms in total. The Morgan fingerprint density at radius 2 is 1.89 bits per heavy atom. The minimum atomic E-state index is -3.23. The first-order valence-corrected chi connectivity index (χ1v) is 8.95. The maximum atomic E-state index is 12.0. The Hall–Kier alpha value is -0.400. The van der Waals surface area contributed by atoms with Crippen molar-refractivity contribution in [2.75, 3.05) is 12.8 Å². The van der Waals surface area contributed by atoms with Crippen LogP contribution in [0.2, 0.25) is 0 Å². The van der Waals surface area contributed by atoms with Crippen molar-refractivity contribution in [3.63, 3.8) is 0 Å². The number of rotatable bonds is 4. The Balaban J connectivity index is 2.85. The third-order valence-electron chi connectivity index (χ3n) is 2.85. The summed E-state index contributed by atoms with van der Waals surface area (Å²) in [6.07, 6.45) is 1.16. The molecule has 1 amide bonds. The molecular weight excluding hydrogens is 398 g/mol. The van der Waals surface area contributed by atoms with Crippen LogP contribution in [0.4, 0.5) is 0 Å². The standard InChI is InChI=1S/C12H15Br2NO3S/c1-12(2,19(3,17)18)7-15-11(16)9-6-8(13)4-5-10(9)14/h4-6H,7H2,1-3H3,(H,15,16). The van der Waals surface area contributed by atoms with Gasteiger partial charge in [-0.1, -0.05) is 15.9 Å². The van der Waals surface area contributed by atoms with Gasteiger partial charge in [0.2, 0.25) is 0 Å². The van der Waals surface area contributed by atoms with Crippen LogP contribution >= 0.6 is 31.9 Å². The molecule has 1 N–H and O–H groups in total. The summed E-state index contributed by atoms with van der Waals surface area (Å²) < 4.78 is 23.5. The van der Waals surface area contributed by atoms with Crippen LogP contribution in [-0.4, -0.2) is 31.9 Å². The van der Waals surface area contributed by atoms with Crippen molar-refractivity contribution < 1.29 is 13.2 Å². The lowest BCUT2D eigenvalue weighted by molar-refractivity contribution is 0.0949. The summed E-state index contributed by atoms with van der Waals surface area (Å²) in [5.74, 6) is -0.315. The predicted octanol–water partition coefficient (Wildman–Crippen LogP) is 2.76. The fraction of sp³-hybridized carbons (Fsp3) is 0.417. The van der Waals surface area contributed by atoms with Crippen molar-refractivity contribution >= 4 is 47.6 Å². The molecule has 1 rings (SSSR count). The molecule has 0 atom stereocenters. The zero-order valence-electron chi connectivity index (χ0n) is 10.8. The summed E-state index contributed by atoms with van der Waals surface area (Å²) in [7, 11) is -3.23. The van der Waals surface area contributed by atoms with Gasteiger partial charge in [0.05, 0.1) is 10.3 Å². The van der Waals surface area contributed by atoms with Gasteiger partial charge in [0, 0.05) is 21.7 Å². The number of benzene rings is 1. The number of hydrogen-bond donors (Lipinski definition) is 1. The van der Waals surface area contributed by atoms with E-state index in [9.17, 15) is 13.2 Å². The molecule has 0 bridgehead atoms. The van der Waals surface area contributed by atoms with Crippen LogP contribution in [0.15, 0.2) is 27.1 Å². The van der Waals surface area contributed by atoms with E-state index in [1.807, 2.05) is 0 Å². The van der Waals surface area contributed by atoms with E-state index in [0.29, 0.717) is 10.0 Å². The molecular formula is C12H15Br2NO3S. The zero-order chi connectivity index (χ0) is 14.8. The number of carbonyl (C=O) groups excluding carboxylic acids is 1. The first-order valence-electron chi connectivity index (χ1n) is 5.47. The molecule has 0 saturated heterocycles. The Bertz CT molecular complexity index is 597. The molecule has 0 aliphatic heterocycles. The van der Waals surface area contributed by atoms with Crippen molar-refractivity contribution in [1.82, 2.24) is 5.32 Å². The maximum absolute atomic E-state index is 12.0. The molecule has 0 unspecified atom stereocenters. The normalized spacial score (nSPS) is 12.3. The summed E-state index contributed by atoms with van der Waals surface area (Å²) in [6, 6.07) is 5.23. The molecule has 19 heavy (non-hydrogen) atoms. The van der Waals surface area contributed by atoms with Gasteiger partial charge in [0.15, 0.2) is 9.84 Å². The number of amides is 1. The SMILES string of the molecule is CC(C)(CNC(=O)c1cc(Br)ccc1Br)S(C)(=O)=O. The quantitative estimate of drug-likeness (QED) is 0.826. The van der Waals surface area contributed by atoms with Gasteiger partial charge in [-0.2, -0.15) is 0 Å². The van der Waals surface area contributed by atoms with E-state index in [0.717, 1.165) is 10.7 Å². The molecule has 1 aromatic carbocycles. The number of halogens is 2. The van der Waals surface area contributed by atoms with Gasteiger partial charge in [0.25, 0.3) is 5.91 Å².